The first-order valence-electron chi connectivity index (χ1n) is 12.1. The Balaban J connectivity index is 1.60. The second-order valence-corrected chi connectivity index (χ2v) is 10.3. The van der Waals surface area contributed by atoms with Crippen LogP contribution < -0.4 is 10.1 Å². The van der Waals surface area contributed by atoms with Gasteiger partial charge in [0, 0.05) is 17.4 Å². The molecule has 5 nitrogen and oxygen atoms in total. The van der Waals surface area contributed by atoms with E-state index >= 15 is 0 Å². The lowest BCUT2D eigenvalue weighted by molar-refractivity contribution is -0.116. The minimum atomic E-state index is -0.430. The van der Waals surface area contributed by atoms with E-state index in [4.69, 9.17) is 9.47 Å². The predicted molar refractivity (Wildman–Crippen MR) is 144 cm³/mol. The van der Waals surface area contributed by atoms with Crippen LogP contribution in [0.2, 0.25) is 0 Å². The molecule has 3 rings (SSSR count). The van der Waals surface area contributed by atoms with Gasteiger partial charge < -0.3 is 14.8 Å². The third-order valence-electron chi connectivity index (χ3n) is 5.73. The Kier molecular flexibility index (Phi) is 9.10. The number of esters is 1. The maximum absolute atomic E-state index is 12.7. The van der Waals surface area contributed by atoms with Crippen LogP contribution in [0.1, 0.15) is 68.9 Å². The molecule has 186 valence electrons. The largest absolute Gasteiger partial charge is 0.494 e. The minimum absolute atomic E-state index is 0.0969. The molecule has 1 heterocycles. The van der Waals surface area contributed by atoms with E-state index in [-0.39, 0.29) is 17.9 Å². The first-order chi connectivity index (χ1) is 16.7. The molecule has 0 spiro atoms. The van der Waals surface area contributed by atoms with Gasteiger partial charge in [0.2, 0.25) is 5.91 Å². The Bertz CT molecular complexity index is 1120. The van der Waals surface area contributed by atoms with Gasteiger partial charge in [-0.1, -0.05) is 64.1 Å². The Morgan fingerprint density at radius 3 is 2.26 bits per heavy atom. The van der Waals surface area contributed by atoms with Crippen LogP contribution >= 0.6 is 11.3 Å². The Morgan fingerprint density at radius 1 is 0.971 bits per heavy atom. The summed E-state index contributed by atoms with van der Waals surface area (Å²) >= 11 is 1.34. The molecular weight excluding hydrogens is 458 g/mol. The summed E-state index contributed by atoms with van der Waals surface area (Å²) in [6.07, 6.45) is 1.81. The van der Waals surface area contributed by atoms with Gasteiger partial charge >= 0.3 is 5.97 Å². The maximum Gasteiger partial charge on any atom is 0.341 e. The molecule has 0 saturated heterocycles. The molecule has 0 fully saturated rings. The molecule has 3 aromatic rings. The number of carbonyl (C=O) groups is 2. The van der Waals surface area contributed by atoms with Gasteiger partial charge in [-0.2, -0.15) is 0 Å². The van der Waals surface area contributed by atoms with Crippen molar-refractivity contribution in [2.75, 3.05) is 18.5 Å². The normalized spacial score (nSPS) is 11.2. The lowest BCUT2D eigenvalue weighted by Crippen LogP contribution is -2.15. The summed E-state index contributed by atoms with van der Waals surface area (Å²) in [7, 11) is 0. The third kappa shape index (κ3) is 7.18. The van der Waals surface area contributed by atoms with E-state index in [9.17, 15) is 9.59 Å². The van der Waals surface area contributed by atoms with Crippen molar-refractivity contribution >= 4 is 28.2 Å². The highest BCUT2D eigenvalue weighted by Crippen LogP contribution is 2.36. The number of thiophene rings is 1. The monoisotopic (exact) mass is 493 g/mol. The van der Waals surface area contributed by atoms with Crippen molar-refractivity contribution < 1.29 is 19.1 Å². The average molecular weight is 494 g/mol. The van der Waals surface area contributed by atoms with Crippen LogP contribution in [0.3, 0.4) is 0 Å². The Morgan fingerprint density at radius 2 is 1.66 bits per heavy atom. The van der Waals surface area contributed by atoms with Crippen molar-refractivity contribution in [3.05, 3.63) is 70.6 Å². The van der Waals surface area contributed by atoms with Crippen molar-refractivity contribution in [1.29, 1.82) is 0 Å². The van der Waals surface area contributed by atoms with Crippen LogP contribution in [-0.2, 0) is 21.4 Å². The molecule has 0 aliphatic carbocycles. The molecule has 0 saturated carbocycles. The zero-order valence-electron chi connectivity index (χ0n) is 21.3. The molecule has 0 aliphatic heterocycles. The van der Waals surface area contributed by atoms with Crippen molar-refractivity contribution in [2.24, 2.45) is 0 Å². The van der Waals surface area contributed by atoms with Crippen LogP contribution in [0.4, 0.5) is 5.00 Å². The van der Waals surface area contributed by atoms with E-state index in [1.54, 1.807) is 6.92 Å². The summed E-state index contributed by atoms with van der Waals surface area (Å²) in [5.41, 5.74) is 4.67. The summed E-state index contributed by atoms with van der Waals surface area (Å²) < 4.78 is 11.1. The van der Waals surface area contributed by atoms with E-state index in [1.165, 1.54) is 22.5 Å². The van der Waals surface area contributed by atoms with Gasteiger partial charge in [-0.05, 0) is 54.0 Å². The van der Waals surface area contributed by atoms with E-state index in [0.29, 0.717) is 30.0 Å². The van der Waals surface area contributed by atoms with E-state index < -0.39 is 5.97 Å². The molecule has 1 N–H and O–H groups in total. The number of amides is 1. The predicted octanol–water partition coefficient (Wildman–Crippen LogP) is 7.25. The van der Waals surface area contributed by atoms with Gasteiger partial charge in [-0.3, -0.25) is 4.79 Å². The number of hydrogen-bond donors (Lipinski definition) is 1. The highest BCUT2D eigenvalue weighted by molar-refractivity contribution is 7.15. The highest BCUT2D eigenvalue weighted by atomic mass is 32.1. The fourth-order valence-corrected chi connectivity index (χ4v) is 4.62. The maximum atomic E-state index is 12.7. The van der Waals surface area contributed by atoms with Crippen LogP contribution in [0, 0.1) is 0 Å². The molecule has 0 bridgehead atoms. The lowest BCUT2D eigenvalue weighted by Gasteiger charge is -2.19. The molecule has 0 unspecified atom stereocenters. The summed E-state index contributed by atoms with van der Waals surface area (Å²) in [4.78, 5) is 25.4. The van der Waals surface area contributed by atoms with Gasteiger partial charge in [0.25, 0.3) is 0 Å². The Labute approximate surface area is 212 Å². The van der Waals surface area contributed by atoms with E-state index in [2.05, 4.69) is 57.3 Å². The summed E-state index contributed by atoms with van der Waals surface area (Å²) in [6, 6.07) is 16.2. The first-order valence-corrected chi connectivity index (χ1v) is 13.0. The lowest BCUT2D eigenvalue weighted by atomic mass is 9.87. The van der Waals surface area contributed by atoms with E-state index in [0.717, 1.165) is 23.3 Å². The van der Waals surface area contributed by atoms with Crippen LogP contribution in [0.25, 0.3) is 11.1 Å². The zero-order chi connectivity index (χ0) is 25.4. The number of benzene rings is 2. The molecule has 35 heavy (non-hydrogen) atoms. The second kappa shape index (κ2) is 12.0. The van der Waals surface area contributed by atoms with Crippen molar-refractivity contribution in [3.63, 3.8) is 0 Å². The zero-order valence-corrected chi connectivity index (χ0v) is 22.1. The third-order valence-corrected chi connectivity index (χ3v) is 6.63. The number of aryl methyl sites for hydroxylation is 1. The smallest absolute Gasteiger partial charge is 0.341 e. The average Bonchev–Trinajstić information content (AvgIpc) is 3.25. The molecule has 2 aromatic carbocycles. The van der Waals surface area contributed by atoms with Crippen molar-refractivity contribution in [2.45, 2.75) is 59.3 Å². The van der Waals surface area contributed by atoms with Gasteiger partial charge in [-0.15, -0.1) is 11.3 Å². The van der Waals surface area contributed by atoms with Crippen molar-refractivity contribution in [3.8, 4) is 16.9 Å². The summed E-state index contributed by atoms with van der Waals surface area (Å²) in [5, 5.41) is 5.32. The number of hydrogen-bond acceptors (Lipinski definition) is 5. The summed E-state index contributed by atoms with van der Waals surface area (Å²) in [5.74, 6) is 0.206. The fourth-order valence-electron chi connectivity index (χ4n) is 3.65. The number of carbonyl (C=O) groups excluding carboxylic acids is 2. The SMILES string of the molecule is CCOC(=O)c1c(-c2ccc(CC)cc2)csc1NC(=O)CCCOc1ccc(C(C)(C)C)cc1. The topological polar surface area (TPSA) is 64.6 Å². The molecule has 0 aliphatic rings. The molecule has 0 atom stereocenters. The van der Waals surface area contributed by atoms with Gasteiger partial charge in [0.1, 0.15) is 16.3 Å². The molecule has 1 aromatic heterocycles. The number of ether oxygens (including phenoxy) is 2. The minimum Gasteiger partial charge on any atom is -0.494 e. The van der Waals surface area contributed by atoms with Crippen molar-refractivity contribution in [1.82, 2.24) is 0 Å². The van der Waals surface area contributed by atoms with Crippen LogP contribution in [-0.4, -0.2) is 25.1 Å². The number of rotatable bonds is 10. The number of anilines is 1. The first kappa shape index (κ1) is 26.5. The van der Waals surface area contributed by atoms with Crippen LogP contribution in [0.15, 0.2) is 53.9 Å². The Hall–Kier alpha value is -3.12. The van der Waals surface area contributed by atoms with E-state index in [1.807, 2.05) is 29.6 Å². The second-order valence-electron chi connectivity index (χ2n) is 9.40. The molecule has 6 heteroatoms. The van der Waals surface area contributed by atoms with Gasteiger partial charge in [0.05, 0.1) is 13.2 Å². The van der Waals surface area contributed by atoms with Gasteiger partial charge in [0.15, 0.2) is 0 Å². The van der Waals surface area contributed by atoms with Gasteiger partial charge in [-0.25, -0.2) is 4.79 Å². The molecular formula is C29H35NO4S. The fraction of sp³-hybridized carbons (Fsp3) is 0.379. The summed E-state index contributed by atoms with van der Waals surface area (Å²) in [6.45, 7) is 11.1. The highest BCUT2D eigenvalue weighted by Gasteiger charge is 2.22. The number of nitrogens with one attached hydrogen (secondary N) is 1. The molecule has 0 radical (unpaired) electrons. The molecule has 1 amide bonds. The quantitative estimate of drug-likeness (QED) is 0.239. The van der Waals surface area contributed by atoms with Crippen LogP contribution in [0.5, 0.6) is 5.75 Å². The standard InChI is InChI=1S/C29H35NO4S/c1-6-20-10-12-21(13-11-20)24-19-35-27(26(24)28(32)33-7-2)30-25(31)9-8-18-34-23-16-14-22(15-17-23)29(3,4)5/h10-17,19H,6-9,18H2,1-5H3,(H,30,31).